The molecule has 0 bridgehead atoms. The van der Waals surface area contributed by atoms with Crippen LogP contribution in [0, 0.1) is 0 Å². The molecule has 0 aliphatic rings. The van der Waals surface area contributed by atoms with Gasteiger partial charge < -0.3 is 17.7 Å². The van der Waals surface area contributed by atoms with Crippen molar-refractivity contribution in [2.75, 3.05) is 7.11 Å². The van der Waals surface area contributed by atoms with Crippen molar-refractivity contribution in [1.29, 1.82) is 0 Å². The molecule has 1 rings (SSSR count). The van der Waals surface area contributed by atoms with E-state index in [1.54, 1.807) is 6.07 Å². The maximum Gasteiger partial charge on any atom is 1.00 e. The molecule has 0 N–H and O–H groups in total. The van der Waals surface area contributed by atoms with E-state index in [0.717, 1.165) is 0 Å². The summed E-state index contributed by atoms with van der Waals surface area (Å²) in [5.74, 6) is 0.410. The molecule has 0 saturated heterocycles. The van der Waals surface area contributed by atoms with Crippen LogP contribution in [-0.4, -0.2) is 19.1 Å². The van der Waals surface area contributed by atoms with Crippen LogP contribution in [0.2, 0.25) is 6.32 Å². The maximum atomic E-state index is 12.0. The van der Waals surface area contributed by atoms with Gasteiger partial charge in [0.25, 0.3) is 0 Å². The quantitative estimate of drug-likeness (QED) is 0.664. The van der Waals surface area contributed by atoms with E-state index in [-0.39, 0.29) is 57.8 Å². The molecule has 78 valence electrons. The normalized spacial score (nSPS) is 10.7. The van der Waals surface area contributed by atoms with Crippen molar-refractivity contribution >= 4 is 6.98 Å². The van der Waals surface area contributed by atoms with Crippen LogP contribution in [-0.2, 0) is 6.42 Å². The van der Waals surface area contributed by atoms with Gasteiger partial charge in [0, 0.05) is 6.20 Å². The second-order valence-electron chi connectivity index (χ2n) is 2.94. The van der Waals surface area contributed by atoms with Gasteiger partial charge in [0.05, 0.1) is 13.3 Å². The Morgan fingerprint density at radius 3 is 2.60 bits per heavy atom. The topological polar surface area (TPSA) is 22.1 Å². The first-order chi connectivity index (χ1) is 6.53. The van der Waals surface area contributed by atoms with Crippen LogP contribution in [0.1, 0.15) is 5.56 Å². The third-order valence-corrected chi connectivity index (χ3v) is 1.83. The minimum absolute atomic E-state index is 0. The van der Waals surface area contributed by atoms with Gasteiger partial charge in [-0.15, -0.1) is 0 Å². The first-order valence-electron chi connectivity index (χ1n) is 4.21. The first kappa shape index (κ1) is 15.4. The third kappa shape index (κ3) is 5.91. The Bertz CT molecular complexity index is 308. The molecular weight excluding hydrogens is 233 g/mol. The van der Waals surface area contributed by atoms with Gasteiger partial charge in [-0.3, -0.25) is 4.98 Å². The summed E-state index contributed by atoms with van der Waals surface area (Å²) in [5.41, 5.74) is 0.543. The number of rotatable bonds is 4. The predicted molar refractivity (Wildman–Crippen MR) is 48.4 cm³/mol. The van der Waals surface area contributed by atoms with Crippen LogP contribution in [0.5, 0.6) is 5.75 Å². The van der Waals surface area contributed by atoms with Gasteiger partial charge in [-0.1, -0.05) is 6.32 Å². The van der Waals surface area contributed by atoms with E-state index in [2.05, 4.69) is 4.98 Å². The summed E-state index contributed by atoms with van der Waals surface area (Å²) in [4.78, 5) is 3.76. The summed E-state index contributed by atoms with van der Waals surface area (Å²) in [6.07, 6.45) is 2.05. The summed E-state index contributed by atoms with van der Waals surface area (Å²) in [6, 6.07) is 1.54. The average Bonchev–Trinajstić information content (AvgIpc) is 2.14. The zero-order valence-corrected chi connectivity index (χ0v) is 11.8. The number of hydrogen-bond acceptors (Lipinski definition) is 2. The Morgan fingerprint density at radius 2 is 2.07 bits per heavy atom. The van der Waals surface area contributed by atoms with Crippen molar-refractivity contribution in [3.8, 4) is 5.75 Å². The Balaban J connectivity index is 0.00000196. The number of aryl methyl sites for hydroxylation is 1. The van der Waals surface area contributed by atoms with Crippen molar-refractivity contribution in [2.24, 2.45) is 0 Å². The second kappa shape index (κ2) is 6.90. The van der Waals surface area contributed by atoms with Crippen LogP contribution < -0.4 is 56.1 Å². The molecule has 0 amide bonds. The Kier molecular flexibility index (Phi) is 7.11. The van der Waals surface area contributed by atoms with Crippen LogP contribution in [0.15, 0.2) is 18.5 Å². The number of halogens is 3. The zero-order chi connectivity index (χ0) is 10.6. The maximum absolute atomic E-state index is 12.0. The van der Waals surface area contributed by atoms with Gasteiger partial charge in [0.2, 0.25) is 0 Å². The molecule has 0 radical (unpaired) electrons. The number of pyridine rings is 1. The monoisotopic (exact) mass is 243 g/mol. The van der Waals surface area contributed by atoms with Crippen molar-refractivity contribution in [3.63, 3.8) is 0 Å². The molecule has 0 fully saturated rings. The van der Waals surface area contributed by atoms with E-state index in [1.807, 2.05) is 0 Å². The number of hydrogen-bond donors (Lipinski definition) is 0. The van der Waals surface area contributed by atoms with Crippen molar-refractivity contribution < 1.29 is 69.1 Å². The van der Waals surface area contributed by atoms with Gasteiger partial charge in [-0.2, -0.15) is 0 Å². The fourth-order valence-electron chi connectivity index (χ4n) is 1.12. The number of aromatic nitrogens is 1. The van der Waals surface area contributed by atoms with E-state index >= 15 is 0 Å². The minimum Gasteiger partial charge on any atom is -0.495 e. The Morgan fingerprint density at radius 1 is 1.40 bits per heavy atom. The van der Waals surface area contributed by atoms with Crippen molar-refractivity contribution in [1.82, 2.24) is 4.98 Å². The smallest absolute Gasteiger partial charge is 0.495 e. The Labute approximate surface area is 129 Å². The summed E-state index contributed by atoms with van der Waals surface area (Å²) in [6.45, 7) is -4.73. The number of nitrogens with zero attached hydrogens (tertiary/aromatic N) is 1. The van der Waals surface area contributed by atoms with Gasteiger partial charge in [-0.05, 0) is 18.1 Å². The molecule has 0 atom stereocenters. The Hall–Kier alpha value is 0.441. The second-order valence-corrected chi connectivity index (χ2v) is 2.94. The SMILES string of the molecule is COc1cnccc1CC[B-](F)(F)F.[K+]. The van der Waals surface area contributed by atoms with E-state index in [4.69, 9.17) is 4.74 Å². The largest absolute Gasteiger partial charge is 1.00 e. The van der Waals surface area contributed by atoms with Crippen molar-refractivity contribution in [3.05, 3.63) is 24.0 Å². The molecule has 1 heterocycles. The molecule has 0 aliphatic heterocycles. The van der Waals surface area contributed by atoms with E-state index in [0.29, 0.717) is 11.3 Å². The van der Waals surface area contributed by atoms with Crippen LogP contribution in [0.3, 0.4) is 0 Å². The number of methoxy groups -OCH3 is 1. The zero-order valence-electron chi connectivity index (χ0n) is 8.71. The molecule has 1 aromatic heterocycles. The molecule has 15 heavy (non-hydrogen) atoms. The van der Waals surface area contributed by atoms with Crippen LogP contribution in [0.25, 0.3) is 0 Å². The average molecular weight is 243 g/mol. The van der Waals surface area contributed by atoms with E-state index in [1.165, 1.54) is 19.5 Å². The first-order valence-corrected chi connectivity index (χ1v) is 4.21. The molecule has 0 aliphatic carbocycles. The molecule has 1 aromatic rings. The van der Waals surface area contributed by atoms with Crippen molar-refractivity contribution in [2.45, 2.75) is 12.7 Å². The summed E-state index contributed by atoms with van der Waals surface area (Å²) < 4.78 is 40.8. The summed E-state index contributed by atoms with van der Waals surface area (Å²) >= 11 is 0. The molecular formula is C8H10BF3KNO. The van der Waals surface area contributed by atoms with Crippen LogP contribution >= 0.6 is 0 Å². The predicted octanol–water partition coefficient (Wildman–Crippen LogP) is -0.516. The molecule has 0 unspecified atom stereocenters. The standard InChI is InChI=1S/C8H10BF3NO.K/c1-14-8-6-13-5-3-7(8)2-4-9(10,11)12;/h3,5-6H,2,4H2,1H3;/q-1;+1. The van der Waals surface area contributed by atoms with E-state index in [9.17, 15) is 12.9 Å². The van der Waals surface area contributed by atoms with Gasteiger partial charge >= 0.3 is 58.4 Å². The summed E-state index contributed by atoms with van der Waals surface area (Å²) in [7, 11) is 1.42. The molecule has 7 heteroatoms. The van der Waals surface area contributed by atoms with Gasteiger partial charge in [0.15, 0.2) is 0 Å². The molecule has 2 nitrogen and oxygen atoms in total. The molecule has 0 saturated carbocycles. The summed E-state index contributed by atoms with van der Waals surface area (Å²) in [5, 5.41) is 0. The molecule has 0 spiro atoms. The molecule has 0 aromatic carbocycles. The fraction of sp³-hybridized carbons (Fsp3) is 0.375. The third-order valence-electron chi connectivity index (χ3n) is 1.83. The van der Waals surface area contributed by atoms with Crippen LogP contribution in [0.4, 0.5) is 12.9 Å². The van der Waals surface area contributed by atoms with E-state index < -0.39 is 13.3 Å². The van der Waals surface area contributed by atoms with Gasteiger partial charge in [0.1, 0.15) is 5.75 Å². The van der Waals surface area contributed by atoms with Gasteiger partial charge in [-0.25, -0.2) is 0 Å². The fourth-order valence-corrected chi connectivity index (χ4v) is 1.12. The minimum atomic E-state index is -4.73. The number of ether oxygens (including phenoxy) is 1.